The van der Waals surface area contributed by atoms with Crippen molar-refractivity contribution >= 4 is 26.6 Å². The Bertz CT molecular complexity index is 1240. The molecule has 0 radical (unpaired) electrons. The number of esters is 1. The number of fused-ring (bicyclic) bond motifs is 1. The number of benzene rings is 3. The van der Waals surface area contributed by atoms with Crippen LogP contribution in [0, 0.1) is 5.92 Å². The summed E-state index contributed by atoms with van der Waals surface area (Å²) in [6.45, 7) is 6.19. The molecule has 1 fully saturated rings. The summed E-state index contributed by atoms with van der Waals surface area (Å²) in [5, 5.41) is 1.18. The van der Waals surface area contributed by atoms with Crippen molar-refractivity contribution in [1.82, 2.24) is 0 Å². The lowest BCUT2D eigenvalue weighted by atomic mass is 9.95. The van der Waals surface area contributed by atoms with Crippen LogP contribution in [0.3, 0.4) is 0 Å². The van der Waals surface area contributed by atoms with Gasteiger partial charge in [-0.05, 0) is 72.6 Å². The first kappa shape index (κ1) is 24.5. The molecule has 1 aliphatic rings. The topological polar surface area (TPSA) is 60.4 Å². The third kappa shape index (κ3) is 5.35. The summed E-state index contributed by atoms with van der Waals surface area (Å²) in [7, 11) is -3.63. The van der Waals surface area contributed by atoms with Crippen LogP contribution >= 0.6 is 0 Å². The second kappa shape index (κ2) is 10.3. The lowest BCUT2D eigenvalue weighted by Gasteiger charge is -2.31. The van der Waals surface area contributed by atoms with Gasteiger partial charge in [-0.3, -0.25) is 4.79 Å². The fourth-order valence-electron chi connectivity index (χ4n) is 4.87. The zero-order valence-corrected chi connectivity index (χ0v) is 21.1. The van der Waals surface area contributed by atoms with E-state index >= 15 is 0 Å². The maximum atomic E-state index is 13.6. The standard InChI is InChI=1S/C29H34O4S/c1-20(2)18-22-12-14-23(15-13-22)21(3)29(30)33-27-10-6-7-11-28(27)34(31,32)26-17-16-24-8-4-5-9-25(24)19-26/h4-5,8-9,12-17,19-21,27-28H,6-7,10-11,18H2,1-3H3/t21-,27-,28-/m0/s1. The molecular formula is C29H34O4S. The Morgan fingerprint density at radius 3 is 2.29 bits per heavy atom. The number of carbonyl (C=O) groups is 1. The van der Waals surface area contributed by atoms with Gasteiger partial charge in [-0.25, -0.2) is 8.42 Å². The zero-order chi connectivity index (χ0) is 24.3. The van der Waals surface area contributed by atoms with Gasteiger partial charge in [-0.2, -0.15) is 0 Å². The van der Waals surface area contributed by atoms with Crippen LogP contribution in [-0.2, 0) is 25.8 Å². The van der Waals surface area contributed by atoms with E-state index in [0.29, 0.717) is 23.7 Å². The Balaban J connectivity index is 1.51. The van der Waals surface area contributed by atoms with Gasteiger partial charge >= 0.3 is 5.97 Å². The second-order valence-corrected chi connectivity index (χ2v) is 12.1. The van der Waals surface area contributed by atoms with Gasteiger partial charge in [-0.1, -0.05) is 74.9 Å². The first-order chi connectivity index (χ1) is 16.3. The summed E-state index contributed by atoms with van der Waals surface area (Å²) < 4.78 is 33.1. The molecule has 1 saturated carbocycles. The normalized spacial score (nSPS) is 19.8. The largest absolute Gasteiger partial charge is 0.461 e. The minimum atomic E-state index is -3.63. The summed E-state index contributed by atoms with van der Waals surface area (Å²) >= 11 is 0. The molecule has 0 saturated heterocycles. The number of hydrogen-bond acceptors (Lipinski definition) is 4. The van der Waals surface area contributed by atoms with Crippen molar-refractivity contribution in [3.8, 4) is 0 Å². The van der Waals surface area contributed by atoms with E-state index in [9.17, 15) is 13.2 Å². The quantitative estimate of drug-likeness (QED) is 0.365. The molecule has 0 spiro atoms. The van der Waals surface area contributed by atoms with Crippen LogP contribution in [0.15, 0.2) is 71.6 Å². The van der Waals surface area contributed by atoms with Crippen LogP contribution in [0.1, 0.15) is 63.5 Å². The minimum Gasteiger partial charge on any atom is -0.461 e. The molecule has 4 nitrogen and oxygen atoms in total. The summed E-state index contributed by atoms with van der Waals surface area (Å²) in [6.07, 6.45) is 3.13. The lowest BCUT2D eigenvalue weighted by molar-refractivity contribution is -0.151. The van der Waals surface area contributed by atoms with Crippen LogP contribution in [0.25, 0.3) is 10.8 Å². The summed E-state index contributed by atoms with van der Waals surface area (Å²) in [5.74, 6) is -0.234. The molecule has 0 aromatic heterocycles. The van der Waals surface area contributed by atoms with Crippen molar-refractivity contribution in [1.29, 1.82) is 0 Å². The van der Waals surface area contributed by atoms with Crippen molar-refractivity contribution in [2.75, 3.05) is 0 Å². The number of ether oxygens (including phenoxy) is 1. The molecule has 3 aromatic carbocycles. The number of rotatable bonds is 7. The molecule has 34 heavy (non-hydrogen) atoms. The van der Waals surface area contributed by atoms with Gasteiger partial charge in [0.15, 0.2) is 9.84 Å². The average molecular weight is 479 g/mol. The van der Waals surface area contributed by atoms with E-state index in [1.165, 1.54) is 5.56 Å². The van der Waals surface area contributed by atoms with Crippen LogP contribution < -0.4 is 0 Å². The third-order valence-corrected chi connectivity index (χ3v) is 9.08. The van der Waals surface area contributed by atoms with E-state index in [1.807, 2.05) is 49.4 Å². The van der Waals surface area contributed by atoms with E-state index in [0.717, 1.165) is 35.6 Å². The molecule has 0 N–H and O–H groups in total. The number of sulfone groups is 1. The van der Waals surface area contributed by atoms with E-state index in [2.05, 4.69) is 26.0 Å². The smallest absolute Gasteiger partial charge is 0.313 e. The Morgan fingerprint density at radius 2 is 1.59 bits per heavy atom. The van der Waals surface area contributed by atoms with Crippen LogP contribution in [0.4, 0.5) is 0 Å². The van der Waals surface area contributed by atoms with Gasteiger partial charge in [0.2, 0.25) is 0 Å². The highest BCUT2D eigenvalue weighted by Crippen LogP contribution is 2.33. The highest BCUT2D eigenvalue weighted by Gasteiger charge is 2.39. The van der Waals surface area contributed by atoms with Gasteiger partial charge in [0.1, 0.15) is 11.4 Å². The first-order valence-corrected chi connectivity index (χ1v) is 13.8. The highest BCUT2D eigenvalue weighted by molar-refractivity contribution is 7.92. The van der Waals surface area contributed by atoms with Gasteiger partial charge in [0, 0.05) is 0 Å². The average Bonchev–Trinajstić information content (AvgIpc) is 2.83. The SMILES string of the molecule is CC(C)Cc1ccc([C@H](C)C(=O)O[C@H]2CCCC[C@@H]2S(=O)(=O)c2ccc3ccccc3c2)cc1. The Hall–Kier alpha value is -2.66. The monoisotopic (exact) mass is 478 g/mol. The predicted octanol–water partition coefficient (Wildman–Crippen LogP) is 6.47. The Morgan fingerprint density at radius 1 is 0.912 bits per heavy atom. The van der Waals surface area contributed by atoms with Gasteiger partial charge < -0.3 is 4.74 Å². The molecule has 5 heteroatoms. The Labute approximate surface area is 203 Å². The third-order valence-electron chi connectivity index (χ3n) is 6.83. The molecule has 0 aliphatic heterocycles. The Kier molecular flexibility index (Phi) is 7.42. The fraction of sp³-hybridized carbons (Fsp3) is 0.414. The zero-order valence-electron chi connectivity index (χ0n) is 20.2. The van der Waals surface area contributed by atoms with Crippen LogP contribution in [-0.4, -0.2) is 25.7 Å². The summed E-state index contributed by atoms with van der Waals surface area (Å²) in [4.78, 5) is 13.3. The summed E-state index contributed by atoms with van der Waals surface area (Å²) in [5.41, 5.74) is 2.13. The number of hydrogen-bond donors (Lipinski definition) is 0. The van der Waals surface area contributed by atoms with Crippen LogP contribution in [0.2, 0.25) is 0 Å². The van der Waals surface area contributed by atoms with E-state index in [-0.39, 0.29) is 5.97 Å². The van der Waals surface area contributed by atoms with Crippen molar-refractivity contribution in [2.45, 2.75) is 75.0 Å². The minimum absolute atomic E-state index is 0.299. The molecule has 1 aliphatic carbocycles. The molecule has 0 amide bonds. The van der Waals surface area contributed by atoms with Crippen molar-refractivity contribution in [2.24, 2.45) is 5.92 Å². The van der Waals surface area contributed by atoms with Gasteiger partial charge in [0.25, 0.3) is 0 Å². The van der Waals surface area contributed by atoms with Crippen molar-refractivity contribution in [3.05, 3.63) is 77.9 Å². The van der Waals surface area contributed by atoms with Gasteiger partial charge in [0.05, 0.1) is 10.8 Å². The molecule has 0 bridgehead atoms. The maximum absolute atomic E-state index is 13.6. The predicted molar refractivity (Wildman–Crippen MR) is 137 cm³/mol. The number of carbonyl (C=O) groups excluding carboxylic acids is 1. The molecule has 0 unspecified atom stereocenters. The second-order valence-electron chi connectivity index (χ2n) is 9.91. The first-order valence-electron chi connectivity index (χ1n) is 12.3. The molecule has 4 rings (SSSR count). The lowest BCUT2D eigenvalue weighted by Crippen LogP contribution is -2.40. The molecule has 0 heterocycles. The van der Waals surface area contributed by atoms with Crippen molar-refractivity contribution < 1.29 is 17.9 Å². The molecule has 180 valence electrons. The van der Waals surface area contributed by atoms with Gasteiger partial charge in [-0.15, -0.1) is 0 Å². The van der Waals surface area contributed by atoms with E-state index in [1.54, 1.807) is 12.1 Å². The van der Waals surface area contributed by atoms with Crippen molar-refractivity contribution in [3.63, 3.8) is 0 Å². The summed E-state index contributed by atoms with van der Waals surface area (Å²) in [6, 6.07) is 21.1. The highest BCUT2D eigenvalue weighted by atomic mass is 32.2. The molecule has 3 atom stereocenters. The molecule has 3 aromatic rings. The van der Waals surface area contributed by atoms with E-state index < -0.39 is 27.1 Å². The maximum Gasteiger partial charge on any atom is 0.313 e. The molecular weight excluding hydrogens is 444 g/mol. The van der Waals surface area contributed by atoms with Crippen LogP contribution in [0.5, 0.6) is 0 Å². The van der Waals surface area contributed by atoms with E-state index in [4.69, 9.17) is 4.74 Å². The fourth-order valence-corrected chi connectivity index (χ4v) is 6.84.